The summed E-state index contributed by atoms with van der Waals surface area (Å²) < 4.78 is 6.89. The van der Waals surface area contributed by atoms with E-state index in [1.807, 2.05) is 38.1 Å². The Hall–Kier alpha value is -2.89. The molecular weight excluding hydrogens is 306 g/mol. The van der Waals surface area contributed by atoms with E-state index in [0.29, 0.717) is 16.9 Å². The number of anilines is 1. The van der Waals surface area contributed by atoms with Gasteiger partial charge in [0, 0.05) is 24.2 Å². The first kappa shape index (κ1) is 16.0. The first-order chi connectivity index (χ1) is 11.5. The molecule has 1 N–H and O–H groups in total. The Labute approximate surface area is 139 Å². The van der Waals surface area contributed by atoms with Gasteiger partial charge in [-0.15, -0.1) is 0 Å². The Kier molecular flexibility index (Phi) is 4.20. The molecule has 2 heterocycles. The zero-order chi connectivity index (χ0) is 17.3. The molecule has 6 nitrogen and oxygen atoms in total. The van der Waals surface area contributed by atoms with Gasteiger partial charge in [-0.1, -0.05) is 17.7 Å². The van der Waals surface area contributed by atoms with Crippen LogP contribution in [-0.4, -0.2) is 15.5 Å². The number of furan rings is 1. The number of carbonyl (C=O) groups excluding carboxylic acids is 1. The lowest BCUT2D eigenvalue weighted by atomic mass is 10.2. The fourth-order valence-corrected chi connectivity index (χ4v) is 2.51. The molecule has 0 spiro atoms. The summed E-state index contributed by atoms with van der Waals surface area (Å²) in [6, 6.07) is 7.57. The van der Waals surface area contributed by atoms with Crippen molar-refractivity contribution in [3.8, 4) is 0 Å². The molecule has 124 valence electrons. The van der Waals surface area contributed by atoms with Crippen LogP contribution < -0.4 is 10.9 Å². The molecule has 0 aliphatic carbocycles. The Morgan fingerprint density at radius 1 is 1.21 bits per heavy atom. The van der Waals surface area contributed by atoms with Crippen LogP contribution >= 0.6 is 0 Å². The summed E-state index contributed by atoms with van der Waals surface area (Å²) >= 11 is 0. The van der Waals surface area contributed by atoms with Crippen LogP contribution in [0.25, 0.3) is 11.1 Å². The van der Waals surface area contributed by atoms with Crippen LogP contribution in [-0.2, 0) is 11.3 Å². The lowest BCUT2D eigenvalue weighted by Gasteiger charge is -2.07. The summed E-state index contributed by atoms with van der Waals surface area (Å²) in [5.41, 5.74) is 2.83. The fraction of sp³-hybridized carbons (Fsp3) is 0.278. The Balaban J connectivity index is 1.72. The summed E-state index contributed by atoms with van der Waals surface area (Å²) in [7, 11) is 0. The molecule has 0 unspecified atom stereocenters. The maximum Gasteiger partial charge on any atom is 0.264 e. The summed E-state index contributed by atoms with van der Waals surface area (Å²) in [4.78, 5) is 28.7. The van der Waals surface area contributed by atoms with Gasteiger partial charge in [-0.3, -0.25) is 14.2 Å². The molecule has 0 saturated heterocycles. The van der Waals surface area contributed by atoms with Gasteiger partial charge in [0.25, 0.3) is 5.56 Å². The average molecular weight is 325 g/mol. The predicted molar refractivity (Wildman–Crippen MR) is 92.2 cm³/mol. The summed E-state index contributed by atoms with van der Waals surface area (Å²) in [6.07, 6.45) is 1.61. The van der Waals surface area contributed by atoms with Crippen LogP contribution in [0, 0.1) is 20.8 Å². The third-order valence-corrected chi connectivity index (χ3v) is 4.07. The van der Waals surface area contributed by atoms with E-state index in [1.165, 1.54) is 10.9 Å². The topological polar surface area (TPSA) is 77.1 Å². The van der Waals surface area contributed by atoms with Crippen LogP contribution in [0.2, 0.25) is 0 Å². The van der Waals surface area contributed by atoms with Crippen LogP contribution in [0.3, 0.4) is 0 Å². The minimum Gasteiger partial charge on any atom is -0.443 e. The second kappa shape index (κ2) is 6.31. The number of carbonyl (C=O) groups is 1. The lowest BCUT2D eigenvalue weighted by molar-refractivity contribution is -0.116. The maximum absolute atomic E-state index is 12.5. The predicted octanol–water partition coefficient (Wildman–Crippen LogP) is 2.94. The van der Waals surface area contributed by atoms with Gasteiger partial charge in [-0.25, -0.2) is 4.98 Å². The van der Waals surface area contributed by atoms with Gasteiger partial charge in [-0.05, 0) is 32.9 Å². The van der Waals surface area contributed by atoms with Gasteiger partial charge < -0.3 is 9.73 Å². The minimum absolute atomic E-state index is 0.147. The van der Waals surface area contributed by atoms with E-state index in [0.717, 1.165) is 16.8 Å². The zero-order valence-corrected chi connectivity index (χ0v) is 13.9. The van der Waals surface area contributed by atoms with Crippen molar-refractivity contribution in [2.75, 3.05) is 5.32 Å². The molecule has 24 heavy (non-hydrogen) atoms. The number of rotatable bonds is 4. The molecule has 1 aromatic carbocycles. The number of benzene rings is 1. The van der Waals surface area contributed by atoms with Gasteiger partial charge in [0.1, 0.15) is 17.5 Å². The maximum atomic E-state index is 12.5. The van der Waals surface area contributed by atoms with Gasteiger partial charge in [-0.2, -0.15) is 0 Å². The van der Waals surface area contributed by atoms with Crippen molar-refractivity contribution < 1.29 is 9.21 Å². The first-order valence-corrected chi connectivity index (χ1v) is 7.77. The van der Waals surface area contributed by atoms with E-state index in [1.54, 1.807) is 6.92 Å². The number of amides is 1. The molecule has 0 atom stereocenters. The smallest absolute Gasteiger partial charge is 0.264 e. The lowest BCUT2D eigenvalue weighted by Crippen LogP contribution is -2.23. The van der Waals surface area contributed by atoms with E-state index in [4.69, 9.17) is 4.42 Å². The third-order valence-electron chi connectivity index (χ3n) is 4.07. The van der Waals surface area contributed by atoms with Crippen molar-refractivity contribution in [2.24, 2.45) is 0 Å². The number of aryl methyl sites for hydroxylation is 4. The molecule has 0 aliphatic heterocycles. The van der Waals surface area contributed by atoms with Crippen LogP contribution in [0.15, 0.2) is 39.8 Å². The molecule has 0 bridgehead atoms. The molecule has 0 aliphatic rings. The van der Waals surface area contributed by atoms with Crippen molar-refractivity contribution in [1.29, 1.82) is 0 Å². The molecule has 1 amide bonds. The highest BCUT2D eigenvalue weighted by molar-refractivity contribution is 5.90. The van der Waals surface area contributed by atoms with Crippen LogP contribution in [0.4, 0.5) is 5.69 Å². The zero-order valence-electron chi connectivity index (χ0n) is 13.9. The van der Waals surface area contributed by atoms with Crippen molar-refractivity contribution in [3.05, 3.63) is 57.8 Å². The van der Waals surface area contributed by atoms with Crippen molar-refractivity contribution >= 4 is 22.7 Å². The number of aromatic nitrogens is 2. The SMILES string of the molecule is Cc1ccc(NC(=O)CCn2cnc3oc(C)c(C)c3c2=O)cc1. The van der Waals surface area contributed by atoms with E-state index < -0.39 is 0 Å². The Morgan fingerprint density at radius 2 is 1.92 bits per heavy atom. The monoisotopic (exact) mass is 325 g/mol. The molecular formula is C18H19N3O3. The van der Waals surface area contributed by atoms with E-state index in [-0.39, 0.29) is 24.4 Å². The van der Waals surface area contributed by atoms with E-state index in [9.17, 15) is 9.59 Å². The van der Waals surface area contributed by atoms with Crippen LogP contribution in [0.5, 0.6) is 0 Å². The largest absolute Gasteiger partial charge is 0.443 e. The van der Waals surface area contributed by atoms with Crippen molar-refractivity contribution in [2.45, 2.75) is 33.7 Å². The minimum atomic E-state index is -0.183. The molecule has 3 rings (SSSR count). The third kappa shape index (κ3) is 3.08. The molecule has 0 radical (unpaired) electrons. The number of nitrogens with zero attached hydrogens (tertiary/aromatic N) is 2. The highest BCUT2D eigenvalue weighted by Crippen LogP contribution is 2.19. The van der Waals surface area contributed by atoms with Gasteiger partial charge in [0.2, 0.25) is 11.6 Å². The average Bonchev–Trinajstić information content (AvgIpc) is 2.84. The van der Waals surface area contributed by atoms with Crippen molar-refractivity contribution in [3.63, 3.8) is 0 Å². The summed E-state index contributed by atoms with van der Waals surface area (Å²) in [5.74, 6) is 0.537. The molecule has 0 fully saturated rings. The number of hydrogen-bond donors (Lipinski definition) is 1. The molecule has 3 aromatic rings. The molecule has 6 heteroatoms. The number of fused-ring (bicyclic) bond motifs is 1. The first-order valence-electron chi connectivity index (χ1n) is 7.77. The fourth-order valence-electron chi connectivity index (χ4n) is 2.51. The highest BCUT2D eigenvalue weighted by Gasteiger charge is 2.14. The van der Waals surface area contributed by atoms with Crippen LogP contribution in [0.1, 0.15) is 23.3 Å². The van der Waals surface area contributed by atoms with Gasteiger partial charge in [0.15, 0.2) is 0 Å². The van der Waals surface area contributed by atoms with Gasteiger partial charge in [0.05, 0.1) is 0 Å². The van der Waals surface area contributed by atoms with E-state index in [2.05, 4.69) is 10.3 Å². The Morgan fingerprint density at radius 3 is 2.62 bits per heavy atom. The second-order valence-electron chi connectivity index (χ2n) is 5.87. The number of nitrogens with one attached hydrogen (secondary N) is 1. The second-order valence-corrected chi connectivity index (χ2v) is 5.87. The standard InChI is InChI=1S/C18H19N3O3/c1-11-4-6-14(7-5-11)20-15(22)8-9-21-10-19-17-16(18(21)23)12(2)13(3)24-17/h4-7,10H,8-9H2,1-3H3,(H,20,22). The molecule has 2 aromatic heterocycles. The Bertz CT molecular complexity index is 952. The van der Waals surface area contributed by atoms with Crippen molar-refractivity contribution in [1.82, 2.24) is 9.55 Å². The molecule has 0 saturated carbocycles. The number of hydrogen-bond acceptors (Lipinski definition) is 4. The normalized spacial score (nSPS) is 11.0. The summed E-state index contributed by atoms with van der Waals surface area (Å²) in [6.45, 7) is 5.89. The highest BCUT2D eigenvalue weighted by atomic mass is 16.3. The van der Waals surface area contributed by atoms with E-state index >= 15 is 0 Å². The quantitative estimate of drug-likeness (QED) is 0.800. The summed E-state index contributed by atoms with van der Waals surface area (Å²) in [5, 5.41) is 3.30. The van der Waals surface area contributed by atoms with Gasteiger partial charge >= 0.3 is 0 Å².